The summed E-state index contributed by atoms with van der Waals surface area (Å²) in [6, 6.07) is 7.97. The lowest BCUT2D eigenvalue weighted by atomic mass is 9.80. The molecule has 1 aromatic carbocycles. The van der Waals surface area contributed by atoms with Gasteiger partial charge in [-0.2, -0.15) is 0 Å². The van der Waals surface area contributed by atoms with E-state index >= 15 is 0 Å². The van der Waals surface area contributed by atoms with Crippen LogP contribution in [0.25, 0.3) is 0 Å². The third-order valence-corrected chi connectivity index (χ3v) is 5.35. The molecule has 1 atom stereocenters. The maximum atomic E-state index is 12.3. The zero-order valence-corrected chi connectivity index (χ0v) is 17.0. The van der Waals surface area contributed by atoms with Crippen molar-refractivity contribution in [2.45, 2.75) is 51.7 Å². The Morgan fingerprint density at radius 2 is 2.00 bits per heavy atom. The Morgan fingerprint density at radius 1 is 1.26 bits per heavy atom. The fourth-order valence-corrected chi connectivity index (χ4v) is 3.40. The minimum Gasteiger partial charge on any atom is -0.351 e. The van der Waals surface area contributed by atoms with Gasteiger partial charge in [0.2, 0.25) is 5.91 Å². The average molecular weight is 395 g/mol. The van der Waals surface area contributed by atoms with Crippen LogP contribution in [-0.2, 0) is 11.3 Å². The summed E-state index contributed by atoms with van der Waals surface area (Å²) in [6.45, 7) is 6.81. The summed E-state index contributed by atoms with van der Waals surface area (Å²) in [4.78, 5) is 26.6. The Labute approximate surface area is 167 Å². The first-order chi connectivity index (χ1) is 12.3. The molecule has 1 saturated heterocycles. The van der Waals surface area contributed by atoms with Crippen molar-refractivity contribution in [3.05, 3.63) is 35.4 Å². The Hall–Kier alpha value is -1.63. The molecule has 0 bridgehead atoms. The van der Waals surface area contributed by atoms with Crippen molar-refractivity contribution < 1.29 is 9.59 Å². The van der Waals surface area contributed by atoms with Crippen molar-refractivity contribution in [1.82, 2.24) is 15.5 Å². The molecule has 0 aromatic heterocycles. The van der Waals surface area contributed by atoms with Crippen LogP contribution in [-0.4, -0.2) is 48.4 Å². The van der Waals surface area contributed by atoms with Gasteiger partial charge in [0.05, 0.1) is 6.54 Å². The predicted octanol–water partition coefficient (Wildman–Crippen LogP) is 1.68. The van der Waals surface area contributed by atoms with Gasteiger partial charge in [-0.15, -0.1) is 12.4 Å². The number of carbonyl (C=O) groups excluding carboxylic acids is 2. The summed E-state index contributed by atoms with van der Waals surface area (Å²) in [6.07, 6.45) is 3.05. The van der Waals surface area contributed by atoms with Crippen LogP contribution in [0, 0.1) is 5.41 Å². The highest BCUT2D eigenvalue weighted by Crippen LogP contribution is 2.27. The van der Waals surface area contributed by atoms with Gasteiger partial charge in [-0.1, -0.05) is 26.0 Å². The molecule has 0 radical (unpaired) electrons. The Kier molecular flexibility index (Phi) is 7.25. The van der Waals surface area contributed by atoms with Crippen LogP contribution < -0.4 is 16.4 Å². The molecule has 2 fully saturated rings. The molecule has 1 heterocycles. The molecular formula is C20H31ClN4O2. The number of amides is 2. The van der Waals surface area contributed by atoms with E-state index in [-0.39, 0.29) is 35.7 Å². The lowest BCUT2D eigenvalue weighted by Crippen LogP contribution is -2.54. The van der Waals surface area contributed by atoms with Gasteiger partial charge in [-0.3, -0.25) is 14.5 Å². The third kappa shape index (κ3) is 6.19. The molecule has 1 aromatic rings. The van der Waals surface area contributed by atoms with Gasteiger partial charge in [0.15, 0.2) is 0 Å². The summed E-state index contributed by atoms with van der Waals surface area (Å²) in [5.41, 5.74) is 7.76. The van der Waals surface area contributed by atoms with Crippen LogP contribution in [0.4, 0.5) is 0 Å². The van der Waals surface area contributed by atoms with Gasteiger partial charge < -0.3 is 16.4 Å². The second-order valence-corrected chi connectivity index (χ2v) is 8.32. The molecule has 1 aliphatic heterocycles. The number of carbonyl (C=O) groups is 2. The van der Waals surface area contributed by atoms with E-state index in [0.29, 0.717) is 24.7 Å². The fourth-order valence-electron chi connectivity index (χ4n) is 3.40. The zero-order valence-electron chi connectivity index (χ0n) is 16.2. The normalized spacial score (nSPS) is 21.8. The molecule has 7 heteroatoms. The minimum atomic E-state index is -0.0347. The number of nitrogens with zero attached hydrogens (tertiary/aromatic N) is 1. The zero-order chi connectivity index (χ0) is 18.7. The highest BCUT2D eigenvalue weighted by molar-refractivity contribution is 5.94. The summed E-state index contributed by atoms with van der Waals surface area (Å²) in [5, 5.41) is 5.94. The first kappa shape index (κ1) is 21.7. The van der Waals surface area contributed by atoms with Crippen LogP contribution in [0.5, 0.6) is 0 Å². The summed E-state index contributed by atoms with van der Waals surface area (Å²) in [5.74, 6) is -0.0309. The second-order valence-electron chi connectivity index (χ2n) is 8.32. The number of hydrogen-bond donors (Lipinski definition) is 3. The summed E-state index contributed by atoms with van der Waals surface area (Å²) < 4.78 is 0. The van der Waals surface area contributed by atoms with Crippen molar-refractivity contribution in [1.29, 1.82) is 0 Å². The SMILES string of the molecule is CC1(C)CN(CC(=O)NCc2cccc(C(=O)NC3CC3)c2)CCC1N.Cl. The van der Waals surface area contributed by atoms with Gasteiger partial charge in [-0.05, 0) is 42.4 Å². The van der Waals surface area contributed by atoms with Gasteiger partial charge in [-0.25, -0.2) is 0 Å². The molecular weight excluding hydrogens is 364 g/mol. The molecule has 2 amide bonds. The summed E-state index contributed by atoms with van der Waals surface area (Å²) >= 11 is 0. The largest absolute Gasteiger partial charge is 0.351 e. The minimum absolute atomic E-state index is 0. The number of nitrogens with two attached hydrogens (primary N) is 1. The number of halogens is 1. The van der Waals surface area contributed by atoms with Crippen LogP contribution in [0.2, 0.25) is 0 Å². The molecule has 150 valence electrons. The van der Waals surface area contributed by atoms with E-state index in [0.717, 1.165) is 37.9 Å². The number of benzene rings is 1. The van der Waals surface area contributed by atoms with Crippen molar-refractivity contribution in [3.63, 3.8) is 0 Å². The molecule has 1 unspecified atom stereocenters. The molecule has 1 aliphatic carbocycles. The Balaban J connectivity index is 0.00000261. The average Bonchev–Trinajstić information content (AvgIpc) is 3.40. The number of likely N-dealkylation sites (tertiary alicyclic amines) is 1. The van der Waals surface area contributed by atoms with Gasteiger partial charge in [0.25, 0.3) is 5.91 Å². The quantitative estimate of drug-likeness (QED) is 0.685. The molecule has 6 nitrogen and oxygen atoms in total. The molecule has 3 rings (SSSR count). The molecule has 1 saturated carbocycles. The lowest BCUT2D eigenvalue weighted by molar-refractivity contribution is -0.123. The summed E-state index contributed by atoms with van der Waals surface area (Å²) in [7, 11) is 0. The van der Waals surface area contributed by atoms with Crippen molar-refractivity contribution in [3.8, 4) is 0 Å². The van der Waals surface area contributed by atoms with E-state index in [9.17, 15) is 9.59 Å². The van der Waals surface area contributed by atoms with Gasteiger partial charge in [0, 0.05) is 37.3 Å². The van der Waals surface area contributed by atoms with E-state index < -0.39 is 0 Å². The highest BCUT2D eigenvalue weighted by atomic mass is 35.5. The van der Waals surface area contributed by atoms with Crippen molar-refractivity contribution >= 4 is 24.2 Å². The first-order valence-corrected chi connectivity index (χ1v) is 9.48. The van der Waals surface area contributed by atoms with E-state index in [1.54, 1.807) is 0 Å². The monoisotopic (exact) mass is 394 g/mol. The van der Waals surface area contributed by atoms with Crippen LogP contribution in [0.15, 0.2) is 24.3 Å². The van der Waals surface area contributed by atoms with E-state index in [1.165, 1.54) is 0 Å². The van der Waals surface area contributed by atoms with Gasteiger partial charge in [0.1, 0.15) is 0 Å². The van der Waals surface area contributed by atoms with E-state index in [1.807, 2.05) is 24.3 Å². The van der Waals surface area contributed by atoms with E-state index in [2.05, 4.69) is 29.4 Å². The number of piperidine rings is 1. The van der Waals surface area contributed by atoms with Crippen LogP contribution >= 0.6 is 12.4 Å². The molecule has 2 aliphatic rings. The number of hydrogen-bond acceptors (Lipinski definition) is 4. The second kappa shape index (κ2) is 9.04. The molecule has 4 N–H and O–H groups in total. The number of nitrogens with one attached hydrogen (secondary N) is 2. The maximum absolute atomic E-state index is 12.3. The fraction of sp³-hybridized carbons (Fsp3) is 0.600. The van der Waals surface area contributed by atoms with Crippen LogP contribution in [0.3, 0.4) is 0 Å². The lowest BCUT2D eigenvalue weighted by Gasteiger charge is -2.42. The Bertz CT molecular complexity index is 676. The topological polar surface area (TPSA) is 87.5 Å². The third-order valence-electron chi connectivity index (χ3n) is 5.35. The highest BCUT2D eigenvalue weighted by Gasteiger charge is 2.33. The Morgan fingerprint density at radius 3 is 2.67 bits per heavy atom. The van der Waals surface area contributed by atoms with Crippen molar-refractivity contribution in [2.24, 2.45) is 11.1 Å². The molecule has 27 heavy (non-hydrogen) atoms. The standard InChI is InChI=1S/C20H30N4O2.ClH/c1-20(2)13-24(9-8-17(20)21)12-18(25)22-11-14-4-3-5-15(10-14)19(26)23-16-6-7-16;/h3-5,10,16-17H,6-9,11-13,21H2,1-2H3,(H,22,25)(H,23,26);1H. The van der Waals surface area contributed by atoms with Gasteiger partial charge >= 0.3 is 0 Å². The molecule has 0 spiro atoms. The predicted molar refractivity (Wildman–Crippen MR) is 109 cm³/mol. The first-order valence-electron chi connectivity index (χ1n) is 9.48. The number of rotatable bonds is 6. The van der Waals surface area contributed by atoms with Crippen LogP contribution in [0.1, 0.15) is 49.0 Å². The maximum Gasteiger partial charge on any atom is 0.251 e. The van der Waals surface area contributed by atoms with Crippen molar-refractivity contribution in [2.75, 3.05) is 19.6 Å². The smallest absolute Gasteiger partial charge is 0.251 e. The van der Waals surface area contributed by atoms with E-state index in [4.69, 9.17) is 5.73 Å².